The van der Waals surface area contributed by atoms with Crippen LogP contribution < -0.4 is 0 Å². The van der Waals surface area contributed by atoms with Gasteiger partial charge in [0.25, 0.3) is 0 Å². The Kier molecular flexibility index (Phi) is 5.49. The Hall–Kier alpha value is -3.12. The Bertz CT molecular complexity index is 1350. The molecule has 0 amide bonds. The minimum absolute atomic E-state index is 0.385. The van der Waals surface area contributed by atoms with Gasteiger partial charge in [0.1, 0.15) is 4.75 Å². The highest BCUT2D eigenvalue weighted by Gasteiger charge is 2.41. The Balaban J connectivity index is 1.43. The van der Waals surface area contributed by atoms with E-state index in [2.05, 4.69) is 29.2 Å². The van der Waals surface area contributed by atoms with Gasteiger partial charge in [0.2, 0.25) is 10.0 Å². The summed E-state index contributed by atoms with van der Waals surface area (Å²) >= 11 is 0. The third-order valence-corrected chi connectivity index (χ3v) is 9.36. The minimum atomic E-state index is -3.80. The van der Waals surface area contributed by atoms with Crippen LogP contribution >= 0.6 is 0 Å². The number of nitrogens with zero attached hydrogens (tertiary/aromatic N) is 2. The van der Waals surface area contributed by atoms with E-state index in [9.17, 15) is 13.2 Å². The summed E-state index contributed by atoms with van der Waals surface area (Å²) < 4.78 is 27.9. The van der Waals surface area contributed by atoms with Gasteiger partial charge >= 0.3 is 0 Å². The molecule has 1 atom stereocenters. The smallest absolute Gasteiger partial charge is 0.248 e. The molecule has 0 N–H and O–H groups in total. The molecule has 2 heterocycles. The normalized spacial score (nSPS) is 21.8. The zero-order valence-electron chi connectivity index (χ0n) is 18.7. The molecule has 1 aromatic heterocycles. The summed E-state index contributed by atoms with van der Waals surface area (Å²) in [5.74, 6) is 0.540. The number of para-hydroxylation sites is 1. The fourth-order valence-electron chi connectivity index (χ4n) is 5.10. The molecule has 5 nitrogen and oxygen atoms in total. The summed E-state index contributed by atoms with van der Waals surface area (Å²) in [6, 6.07) is 17.8. The van der Waals surface area contributed by atoms with Gasteiger partial charge in [0, 0.05) is 35.9 Å². The second-order valence-corrected chi connectivity index (χ2v) is 11.5. The van der Waals surface area contributed by atoms with Gasteiger partial charge in [-0.3, -0.25) is 4.79 Å². The summed E-state index contributed by atoms with van der Waals surface area (Å²) in [5.41, 5.74) is 3.26. The Morgan fingerprint density at radius 1 is 1.00 bits per heavy atom. The third-order valence-electron chi connectivity index (χ3n) is 7.08. The number of carbonyl (C=O) groups is 1. The van der Waals surface area contributed by atoms with E-state index in [-0.39, 0.29) is 0 Å². The number of hydrogen-bond donors (Lipinski definition) is 0. The zero-order valence-corrected chi connectivity index (χ0v) is 19.5. The number of aromatic nitrogens is 1. The van der Waals surface area contributed by atoms with Crippen molar-refractivity contribution >= 4 is 27.2 Å². The lowest BCUT2D eigenvalue weighted by Crippen LogP contribution is -2.41. The van der Waals surface area contributed by atoms with Crippen molar-refractivity contribution in [2.75, 3.05) is 13.1 Å². The van der Waals surface area contributed by atoms with Gasteiger partial charge < -0.3 is 4.90 Å². The first-order valence-corrected chi connectivity index (χ1v) is 12.9. The maximum Gasteiger partial charge on any atom is 0.248 e. The van der Waals surface area contributed by atoms with Crippen LogP contribution in [-0.2, 0) is 10.0 Å². The van der Waals surface area contributed by atoms with E-state index in [1.54, 1.807) is 25.1 Å². The molecule has 170 valence electrons. The van der Waals surface area contributed by atoms with E-state index in [0.29, 0.717) is 28.8 Å². The SMILES string of the molecule is CC1(S(=O)(=O)n2cc(C=O)c3ccccc32)C=C(N2CCC(c3ccccc3)CC2)C=CC1. The van der Waals surface area contributed by atoms with E-state index < -0.39 is 14.8 Å². The van der Waals surface area contributed by atoms with Gasteiger partial charge in [-0.2, -0.15) is 0 Å². The molecule has 0 radical (unpaired) electrons. The van der Waals surface area contributed by atoms with Crippen molar-refractivity contribution in [2.45, 2.75) is 36.9 Å². The van der Waals surface area contributed by atoms with Crippen LogP contribution in [0.4, 0.5) is 0 Å². The Morgan fingerprint density at radius 2 is 1.70 bits per heavy atom. The second-order valence-electron chi connectivity index (χ2n) is 9.18. The largest absolute Gasteiger partial charge is 0.372 e. The summed E-state index contributed by atoms with van der Waals surface area (Å²) in [7, 11) is -3.80. The molecule has 1 saturated heterocycles. The molecule has 1 aliphatic heterocycles. The van der Waals surface area contributed by atoms with Crippen LogP contribution in [-0.4, -0.2) is 41.4 Å². The van der Waals surface area contributed by atoms with E-state index in [0.717, 1.165) is 37.9 Å². The summed E-state index contributed by atoms with van der Waals surface area (Å²) in [6.07, 6.45) is 10.6. The van der Waals surface area contributed by atoms with Crippen molar-refractivity contribution in [1.29, 1.82) is 0 Å². The predicted molar refractivity (Wildman–Crippen MR) is 132 cm³/mol. The lowest BCUT2D eigenvalue weighted by Gasteiger charge is -2.37. The third kappa shape index (κ3) is 3.72. The molecular formula is C27H28N2O3S. The number of benzene rings is 2. The van der Waals surface area contributed by atoms with Crippen LogP contribution in [0, 0.1) is 0 Å². The van der Waals surface area contributed by atoms with E-state index in [1.807, 2.05) is 30.4 Å². The van der Waals surface area contributed by atoms with Crippen molar-refractivity contribution in [3.8, 4) is 0 Å². The van der Waals surface area contributed by atoms with Crippen molar-refractivity contribution in [3.05, 3.63) is 95.8 Å². The maximum absolute atomic E-state index is 13.9. The fourth-order valence-corrected chi connectivity index (χ4v) is 6.80. The lowest BCUT2D eigenvalue weighted by atomic mass is 9.89. The predicted octanol–water partition coefficient (Wildman–Crippen LogP) is 5.11. The molecule has 1 unspecified atom stereocenters. The molecular weight excluding hydrogens is 432 g/mol. The zero-order chi connectivity index (χ0) is 23.1. The first-order valence-electron chi connectivity index (χ1n) is 11.4. The number of hydrogen-bond acceptors (Lipinski definition) is 4. The molecule has 1 aliphatic carbocycles. The average Bonchev–Trinajstić information content (AvgIpc) is 3.24. The quantitative estimate of drug-likeness (QED) is 0.496. The number of likely N-dealkylation sites (tertiary alicyclic amines) is 1. The van der Waals surface area contributed by atoms with E-state index in [4.69, 9.17) is 0 Å². The minimum Gasteiger partial charge on any atom is -0.372 e. The van der Waals surface area contributed by atoms with Crippen LogP contribution in [0.5, 0.6) is 0 Å². The lowest BCUT2D eigenvalue weighted by molar-refractivity contribution is 0.112. The van der Waals surface area contributed by atoms with Gasteiger partial charge in [-0.25, -0.2) is 12.4 Å². The summed E-state index contributed by atoms with van der Waals surface area (Å²) in [6.45, 7) is 3.57. The molecule has 0 spiro atoms. The molecule has 2 aromatic carbocycles. The van der Waals surface area contributed by atoms with Gasteiger partial charge in [-0.1, -0.05) is 54.6 Å². The van der Waals surface area contributed by atoms with Crippen molar-refractivity contribution < 1.29 is 13.2 Å². The molecule has 5 rings (SSSR count). The van der Waals surface area contributed by atoms with Gasteiger partial charge in [-0.15, -0.1) is 0 Å². The van der Waals surface area contributed by atoms with Gasteiger partial charge in [0.15, 0.2) is 6.29 Å². The maximum atomic E-state index is 13.9. The van der Waals surface area contributed by atoms with Crippen molar-refractivity contribution in [2.24, 2.45) is 0 Å². The molecule has 33 heavy (non-hydrogen) atoms. The van der Waals surface area contributed by atoms with E-state index >= 15 is 0 Å². The number of piperidine rings is 1. The van der Waals surface area contributed by atoms with Crippen molar-refractivity contribution in [1.82, 2.24) is 8.87 Å². The average molecular weight is 461 g/mol. The molecule has 0 bridgehead atoms. The monoisotopic (exact) mass is 460 g/mol. The number of aldehydes is 1. The van der Waals surface area contributed by atoms with E-state index in [1.165, 1.54) is 15.7 Å². The molecule has 2 aliphatic rings. The number of carbonyl (C=O) groups excluding carboxylic acids is 1. The Morgan fingerprint density at radius 3 is 2.42 bits per heavy atom. The summed E-state index contributed by atoms with van der Waals surface area (Å²) in [5, 5.41) is 0.651. The highest BCUT2D eigenvalue weighted by atomic mass is 32.2. The highest BCUT2D eigenvalue weighted by molar-refractivity contribution is 7.91. The number of allylic oxidation sites excluding steroid dienone is 2. The number of fused-ring (bicyclic) bond motifs is 1. The van der Waals surface area contributed by atoms with Crippen molar-refractivity contribution in [3.63, 3.8) is 0 Å². The molecule has 6 heteroatoms. The van der Waals surface area contributed by atoms with Crippen LogP contribution in [0.15, 0.2) is 84.7 Å². The Labute approximate surface area is 195 Å². The van der Waals surface area contributed by atoms with Crippen LogP contribution in [0.3, 0.4) is 0 Å². The van der Waals surface area contributed by atoms with Gasteiger partial charge in [-0.05, 0) is 55.9 Å². The van der Waals surface area contributed by atoms with Crippen LogP contribution in [0.2, 0.25) is 0 Å². The highest BCUT2D eigenvalue weighted by Crippen LogP contribution is 2.36. The summed E-state index contributed by atoms with van der Waals surface area (Å²) in [4.78, 5) is 13.9. The molecule has 0 saturated carbocycles. The second kappa shape index (κ2) is 8.34. The fraction of sp³-hybridized carbons (Fsp3) is 0.296. The topological polar surface area (TPSA) is 59.4 Å². The molecule has 3 aromatic rings. The van der Waals surface area contributed by atoms with Gasteiger partial charge in [0.05, 0.1) is 5.52 Å². The van der Waals surface area contributed by atoms with Crippen LogP contribution in [0.25, 0.3) is 10.9 Å². The standard InChI is InChI=1S/C27H28N2O3S/c1-27(33(31,32)29-19-23(20-30)25-11-5-6-12-26(25)29)15-7-10-24(18-27)28-16-13-22(14-17-28)21-8-3-2-4-9-21/h2-12,18-20,22H,13-17H2,1H3. The number of rotatable bonds is 5. The first-order chi connectivity index (χ1) is 15.9. The van der Waals surface area contributed by atoms with Crippen LogP contribution in [0.1, 0.15) is 48.0 Å². The first kappa shape index (κ1) is 21.7. The molecule has 1 fully saturated rings.